The average molecular weight is 381 g/mol. The first-order valence-corrected chi connectivity index (χ1v) is 10.6. The molecule has 1 aliphatic carbocycles. The standard InChI is InChI=1S/C23H32N4O/c1-23(2,3)12-13-25-14-16-26(17-15-25)22(28)21-19-10-7-11-20(19)27(24-21)18-8-5-4-6-9-18/h4-6,8-9H,7,10-17H2,1-3H3. The molecule has 1 aliphatic heterocycles. The van der Waals surface area contributed by atoms with Crippen molar-refractivity contribution >= 4 is 5.91 Å². The van der Waals surface area contributed by atoms with Gasteiger partial charge in [-0.3, -0.25) is 9.69 Å². The molecule has 4 rings (SSSR count). The fraction of sp³-hybridized carbons (Fsp3) is 0.565. The summed E-state index contributed by atoms with van der Waals surface area (Å²) in [7, 11) is 0. The summed E-state index contributed by atoms with van der Waals surface area (Å²) in [4.78, 5) is 17.8. The summed E-state index contributed by atoms with van der Waals surface area (Å²) in [5.74, 6) is 0.114. The van der Waals surface area contributed by atoms with Crippen molar-refractivity contribution in [1.29, 1.82) is 0 Å². The molecular weight excluding hydrogens is 348 g/mol. The van der Waals surface area contributed by atoms with Crippen LogP contribution >= 0.6 is 0 Å². The van der Waals surface area contributed by atoms with Crippen molar-refractivity contribution in [1.82, 2.24) is 19.6 Å². The molecule has 2 aromatic rings. The molecule has 5 heteroatoms. The number of carbonyl (C=O) groups is 1. The Morgan fingerprint density at radius 1 is 1.04 bits per heavy atom. The van der Waals surface area contributed by atoms with Gasteiger partial charge in [0.15, 0.2) is 5.69 Å². The van der Waals surface area contributed by atoms with E-state index in [1.807, 2.05) is 27.8 Å². The predicted molar refractivity (Wildman–Crippen MR) is 112 cm³/mol. The Hall–Kier alpha value is -2.14. The Kier molecular flexibility index (Phi) is 5.28. The van der Waals surface area contributed by atoms with Crippen LogP contribution in [0.25, 0.3) is 5.69 Å². The maximum absolute atomic E-state index is 13.3. The van der Waals surface area contributed by atoms with E-state index in [1.165, 1.54) is 17.7 Å². The number of benzene rings is 1. The summed E-state index contributed by atoms with van der Waals surface area (Å²) < 4.78 is 2.00. The smallest absolute Gasteiger partial charge is 0.274 e. The minimum absolute atomic E-state index is 0.114. The third-order valence-electron chi connectivity index (χ3n) is 5.97. The van der Waals surface area contributed by atoms with E-state index >= 15 is 0 Å². The number of hydrogen-bond donors (Lipinski definition) is 0. The number of carbonyl (C=O) groups excluding carboxylic acids is 1. The van der Waals surface area contributed by atoms with Gasteiger partial charge in [-0.05, 0) is 49.8 Å². The molecule has 1 aromatic heterocycles. The Morgan fingerprint density at radius 3 is 2.43 bits per heavy atom. The number of aromatic nitrogens is 2. The van der Waals surface area contributed by atoms with Crippen molar-refractivity contribution in [3.8, 4) is 5.69 Å². The van der Waals surface area contributed by atoms with Crippen molar-refractivity contribution in [3.05, 3.63) is 47.3 Å². The Morgan fingerprint density at radius 2 is 1.75 bits per heavy atom. The molecule has 2 heterocycles. The fourth-order valence-corrected chi connectivity index (χ4v) is 4.21. The molecule has 0 radical (unpaired) electrons. The average Bonchev–Trinajstić information content (AvgIpc) is 3.29. The summed E-state index contributed by atoms with van der Waals surface area (Å²) in [5.41, 5.74) is 4.48. The summed E-state index contributed by atoms with van der Waals surface area (Å²) in [6.45, 7) is 11.5. The second-order valence-corrected chi connectivity index (χ2v) is 9.32. The van der Waals surface area contributed by atoms with Gasteiger partial charge in [-0.15, -0.1) is 0 Å². The van der Waals surface area contributed by atoms with Gasteiger partial charge in [-0.1, -0.05) is 39.0 Å². The lowest BCUT2D eigenvalue weighted by molar-refractivity contribution is 0.0616. The molecular formula is C23H32N4O. The molecule has 28 heavy (non-hydrogen) atoms. The topological polar surface area (TPSA) is 41.4 Å². The van der Waals surface area contributed by atoms with Gasteiger partial charge in [-0.2, -0.15) is 5.10 Å². The normalized spacial score (nSPS) is 17.8. The van der Waals surface area contributed by atoms with Crippen molar-refractivity contribution < 1.29 is 4.79 Å². The molecule has 0 N–H and O–H groups in total. The van der Waals surface area contributed by atoms with Gasteiger partial charge in [0.05, 0.1) is 5.69 Å². The summed E-state index contributed by atoms with van der Waals surface area (Å²) >= 11 is 0. The van der Waals surface area contributed by atoms with Gasteiger partial charge in [0.2, 0.25) is 0 Å². The number of rotatable bonds is 4. The fourth-order valence-electron chi connectivity index (χ4n) is 4.21. The van der Waals surface area contributed by atoms with E-state index in [-0.39, 0.29) is 5.91 Å². The minimum Gasteiger partial charge on any atom is -0.335 e. The highest BCUT2D eigenvalue weighted by atomic mass is 16.2. The molecule has 0 saturated carbocycles. The van der Waals surface area contributed by atoms with Gasteiger partial charge >= 0.3 is 0 Å². The molecule has 2 aliphatic rings. The minimum atomic E-state index is 0.114. The number of piperazine rings is 1. The van der Waals surface area contributed by atoms with Crippen LogP contribution in [0.3, 0.4) is 0 Å². The van der Waals surface area contributed by atoms with Crippen LogP contribution in [0.4, 0.5) is 0 Å². The van der Waals surface area contributed by atoms with Crippen molar-refractivity contribution in [2.75, 3.05) is 32.7 Å². The van der Waals surface area contributed by atoms with Crippen LogP contribution in [0.15, 0.2) is 30.3 Å². The van der Waals surface area contributed by atoms with Gasteiger partial charge in [0.1, 0.15) is 0 Å². The summed E-state index contributed by atoms with van der Waals surface area (Å²) in [6.07, 6.45) is 4.27. The van der Waals surface area contributed by atoms with Crippen LogP contribution in [0, 0.1) is 5.41 Å². The van der Waals surface area contributed by atoms with Crippen LogP contribution in [0.1, 0.15) is 55.4 Å². The van der Waals surface area contributed by atoms with Crippen molar-refractivity contribution in [2.45, 2.75) is 46.5 Å². The SMILES string of the molecule is CC(C)(C)CCN1CCN(C(=O)c2nn(-c3ccccc3)c3c2CCC3)CC1. The molecule has 0 spiro atoms. The lowest BCUT2D eigenvalue weighted by Crippen LogP contribution is -2.49. The van der Waals surface area contributed by atoms with Crippen molar-refractivity contribution in [2.24, 2.45) is 5.41 Å². The quantitative estimate of drug-likeness (QED) is 0.814. The highest BCUT2D eigenvalue weighted by Crippen LogP contribution is 2.29. The number of fused-ring (bicyclic) bond motifs is 1. The van der Waals surface area contributed by atoms with Crippen LogP contribution < -0.4 is 0 Å². The third-order valence-corrected chi connectivity index (χ3v) is 5.97. The van der Waals surface area contributed by atoms with Gasteiger partial charge in [-0.25, -0.2) is 4.68 Å². The van der Waals surface area contributed by atoms with Crippen LogP contribution in [-0.4, -0.2) is 58.2 Å². The van der Waals surface area contributed by atoms with Crippen LogP contribution in [-0.2, 0) is 12.8 Å². The van der Waals surface area contributed by atoms with Gasteiger partial charge in [0.25, 0.3) is 5.91 Å². The maximum Gasteiger partial charge on any atom is 0.274 e. The van der Waals surface area contributed by atoms with E-state index in [4.69, 9.17) is 5.10 Å². The first-order valence-electron chi connectivity index (χ1n) is 10.6. The van der Waals surface area contributed by atoms with E-state index in [0.29, 0.717) is 11.1 Å². The van der Waals surface area contributed by atoms with E-state index in [1.54, 1.807) is 0 Å². The second kappa shape index (κ2) is 7.70. The van der Waals surface area contributed by atoms with Gasteiger partial charge in [0, 0.05) is 37.4 Å². The summed E-state index contributed by atoms with van der Waals surface area (Å²) in [6, 6.07) is 10.2. The van der Waals surface area contributed by atoms with E-state index in [9.17, 15) is 4.79 Å². The Balaban J connectivity index is 1.46. The lowest BCUT2D eigenvalue weighted by Gasteiger charge is -2.35. The number of amides is 1. The molecule has 0 atom stereocenters. The van der Waals surface area contributed by atoms with E-state index in [2.05, 4.69) is 37.8 Å². The molecule has 1 aromatic carbocycles. The van der Waals surface area contributed by atoms with E-state index < -0.39 is 0 Å². The van der Waals surface area contributed by atoms with Crippen LogP contribution in [0.5, 0.6) is 0 Å². The highest BCUT2D eigenvalue weighted by Gasteiger charge is 2.31. The lowest BCUT2D eigenvalue weighted by atomic mass is 9.92. The first kappa shape index (κ1) is 19.2. The zero-order chi connectivity index (χ0) is 19.7. The monoisotopic (exact) mass is 380 g/mol. The molecule has 5 nitrogen and oxygen atoms in total. The molecule has 1 saturated heterocycles. The molecule has 0 bridgehead atoms. The molecule has 1 fully saturated rings. The molecule has 1 amide bonds. The number of nitrogens with zero attached hydrogens (tertiary/aromatic N) is 4. The predicted octanol–water partition coefficient (Wildman–Crippen LogP) is 3.56. The Bertz CT molecular complexity index is 826. The molecule has 0 unspecified atom stereocenters. The number of hydrogen-bond acceptors (Lipinski definition) is 3. The number of para-hydroxylation sites is 1. The maximum atomic E-state index is 13.3. The summed E-state index contributed by atoms with van der Waals surface area (Å²) in [5, 5.41) is 4.78. The Labute approximate surface area is 168 Å². The largest absolute Gasteiger partial charge is 0.335 e. The first-order chi connectivity index (χ1) is 13.4. The second-order valence-electron chi connectivity index (χ2n) is 9.32. The molecule has 150 valence electrons. The zero-order valence-electron chi connectivity index (χ0n) is 17.4. The third kappa shape index (κ3) is 4.00. The highest BCUT2D eigenvalue weighted by molar-refractivity contribution is 5.94. The van der Waals surface area contributed by atoms with E-state index in [0.717, 1.165) is 57.7 Å². The van der Waals surface area contributed by atoms with Crippen LogP contribution in [0.2, 0.25) is 0 Å². The van der Waals surface area contributed by atoms with Gasteiger partial charge < -0.3 is 4.90 Å². The van der Waals surface area contributed by atoms with Crippen molar-refractivity contribution in [3.63, 3.8) is 0 Å². The zero-order valence-corrected chi connectivity index (χ0v) is 17.4.